The fourth-order valence-corrected chi connectivity index (χ4v) is 3.61. The number of nitrogens with one attached hydrogen (secondary N) is 1. The number of aromatic nitrogens is 3. The molecule has 0 spiro atoms. The van der Waals surface area contributed by atoms with Crippen LogP contribution in [0.3, 0.4) is 0 Å². The minimum absolute atomic E-state index is 0.105. The smallest absolute Gasteiger partial charge is 0.254 e. The van der Waals surface area contributed by atoms with Gasteiger partial charge in [0.05, 0.1) is 18.8 Å². The Balaban J connectivity index is 1.67. The molecule has 0 unspecified atom stereocenters. The molecule has 4 rings (SSSR count). The van der Waals surface area contributed by atoms with Gasteiger partial charge in [0.25, 0.3) is 5.91 Å². The van der Waals surface area contributed by atoms with Gasteiger partial charge in [0, 0.05) is 51.2 Å². The molecule has 0 aliphatic carbocycles. The van der Waals surface area contributed by atoms with Crippen LogP contribution in [0.4, 0.5) is 16.2 Å². The molecule has 1 atom stereocenters. The molecule has 8 nitrogen and oxygen atoms in total. The number of nitrogens with zero attached hydrogens (tertiary/aromatic N) is 5. The summed E-state index contributed by atoms with van der Waals surface area (Å²) in [5.41, 5.74) is 2.50. The Morgan fingerprint density at radius 2 is 2.09 bits per heavy atom. The molecule has 1 amide bonds. The second-order valence-electron chi connectivity index (χ2n) is 7.66. The van der Waals surface area contributed by atoms with Crippen molar-refractivity contribution in [3.8, 4) is 11.1 Å². The van der Waals surface area contributed by atoms with Crippen LogP contribution in [-0.2, 0) is 4.74 Å². The number of halogens is 1. The summed E-state index contributed by atoms with van der Waals surface area (Å²) in [7, 11) is 5.45. The molecule has 0 bridgehead atoms. The zero-order chi connectivity index (χ0) is 22.7. The average Bonchev–Trinajstić information content (AvgIpc) is 2.83. The van der Waals surface area contributed by atoms with Crippen LogP contribution in [0.25, 0.3) is 11.1 Å². The van der Waals surface area contributed by atoms with Crippen molar-refractivity contribution in [3.05, 3.63) is 65.9 Å². The summed E-state index contributed by atoms with van der Waals surface area (Å²) in [4.78, 5) is 30.0. The monoisotopic (exact) mass is 436 g/mol. The lowest BCUT2D eigenvalue weighted by Gasteiger charge is -2.33. The van der Waals surface area contributed by atoms with Crippen molar-refractivity contribution in [2.75, 3.05) is 51.1 Å². The highest BCUT2D eigenvalue weighted by atomic mass is 19.1. The summed E-state index contributed by atoms with van der Waals surface area (Å²) in [6.07, 6.45) is 2.81. The van der Waals surface area contributed by atoms with Crippen molar-refractivity contribution >= 4 is 17.7 Å². The Morgan fingerprint density at radius 1 is 1.25 bits per heavy atom. The molecule has 1 aromatic carbocycles. The molecule has 1 aliphatic heterocycles. The van der Waals surface area contributed by atoms with E-state index in [9.17, 15) is 9.18 Å². The van der Waals surface area contributed by atoms with Crippen LogP contribution < -0.4 is 10.2 Å². The maximum absolute atomic E-state index is 13.9. The third-order valence-electron chi connectivity index (χ3n) is 5.26. The summed E-state index contributed by atoms with van der Waals surface area (Å²) in [5, 5.41) is 2.95. The third-order valence-corrected chi connectivity index (χ3v) is 5.26. The molecule has 1 fully saturated rings. The molecule has 1 aliphatic rings. The number of hydrogen-bond acceptors (Lipinski definition) is 7. The lowest BCUT2D eigenvalue weighted by molar-refractivity contribution is -0.0244. The topological polar surface area (TPSA) is 83.5 Å². The molecule has 2 aromatic heterocycles. The number of carbonyl (C=O) groups excluding carboxylic acids is 1. The molecular formula is C23H25FN6O2. The summed E-state index contributed by atoms with van der Waals surface area (Å²) >= 11 is 0. The zero-order valence-corrected chi connectivity index (χ0v) is 18.2. The Kier molecular flexibility index (Phi) is 6.27. The van der Waals surface area contributed by atoms with Crippen LogP contribution in [-0.4, -0.2) is 66.6 Å². The van der Waals surface area contributed by atoms with Crippen molar-refractivity contribution in [1.82, 2.24) is 19.9 Å². The van der Waals surface area contributed by atoms with Crippen LogP contribution in [0.1, 0.15) is 22.2 Å². The molecule has 3 aromatic rings. The maximum Gasteiger partial charge on any atom is 0.254 e. The second-order valence-corrected chi connectivity index (χ2v) is 7.66. The first-order chi connectivity index (χ1) is 15.5. The molecule has 3 heterocycles. The van der Waals surface area contributed by atoms with E-state index in [1.54, 1.807) is 47.4 Å². The van der Waals surface area contributed by atoms with E-state index < -0.39 is 6.10 Å². The summed E-state index contributed by atoms with van der Waals surface area (Å²) in [6.45, 7) is 1.15. The lowest BCUT2D eigenvalue weighted by atomic mass is 10.0. The van der Waals surface area contributed by atoms with E-state index in [4.69, 9.17) is 9.72 Å². The van der Waals surface area contributed by atoms with Crippen LogP contribution >= 0.6 is 0 Å². The van der Waals surface area contributed by atoms with Crippen molar-refractivity contribution in [3.63, 3.8) is 0 Å². The van der Waals surface area contributed by atoms with Gasteiger partial charge >= 0.3 is 0 Å². The highest BCUT2D eigenvalue weighted by Crippen LogP contribution is 2.32. The zero-order valence-electron chi connectivity index (χ0n) is 18.2. The molecule has 0 saturated carbocycles. The maximum atomic E-state index is 13.9. The summed E-state index contributed by atoms with van der Waals surface area (Å²) in [6, 6.07) is 9.71. The minimum atomic E-state index is -0.474. The first-order valence-electron chi connectivity index (χ1n) is 10.3. The number of amides is 1. The van der Waals surface area contributed by atoms with Crippen molar-refractivity contribution in [2.24, 2.45) is 0 Å². The molecule has 32 heavy (non-hydrogen) atoms. The number of carbonyl (C=O) groups is 1. The van der Waals surface area contributed by atoms with Gasteiger partial charge in [0.2, 0.25) is 5.95 Å². The standard InChI is InChI=1S/C23H25FN6O2/c1-25-20-12-16(7-8-26-20)22(31)30-9-10-32-19(14-30)21-18(13-27-23(28-21)29(2)3)15-5-4-6-17(24)11-15/h4-8,11-13,19H,9-10,14H2,1-3H3,(H,25,26)/t19-/m1/s1. The van der Waals surface area contributed by atoms with Gasteiger partial charge in [0.15, 0.2) is 0 Å². The second kappa shape index (κ2) is 9.27. The van der Waals surface area contributed by atoms with E-state index in [0.717, 1.165) is 0 Å². The first kappa shape index (κ1) is 21.6. The number of pyridine rings is 1. The Hall–Kier alpha value is -3.59. The Bertz CT molecular complexity index is 1120. The summed E-state index contributed by atoms with van der Waals surface area (Å²) in [5.74, 6) is 0.691. The van der Waals surface area contributed by atoms with E-state index in [-0.39, 0.29) is 11.7 Å². The van der Waals surface area contributed by atoms with Gasteiger partial charge in [-0.05, 0) is 29.8 Å². The third kappa shape index (κ3) is 4.52. The Labute approximate surface area is 186 Å². The number of hydrogen-bond donors (Lipinski definition) is 1. The van der Waals surface area contributed by atoms with Gasteiger partial charge in [-0.3, -0.25) is 4.79 Å². The quantitative estimate of drug-likeness (QED) is 0.658. The number of anilines is 2. The summed E-state index contributed by atoms with van der Waals surface area (Å²) < 4.78 is 19.9. The number of benzene rings is 1. The van der Waals surface area contributed by atoms with Crippen LogP contribution in [0.5, 0.6) is 0 Å². The molecule has 1 N–H and O–H groups in total. The first-order valence-corrected chi connectivity index (χ1v) is 10.3. The number of rotatable bonds is 5. The molecular weight excluding hydrogens is 411 g/mol. The number of ether oxygens (including phenoxy) is 1. The van der Waals surface area contributed by atoms with Gasteiger partial charge in [-0.1, -0.05) is 12.1 Å². The van der Waals surface area contributed by atoms with E-state index in [1.165, 1.54) is 12.1 Å². The van der Waals surface area contributed by atoms with Crippen LogP contribution in [0.2, 0.25) is 0 Å². The average molecular weight is 436 g/mol. The predicted octanol–water partition coefficient (Wildman–Crippen LogP) is 3.00. The van der Waals surface area contributed by atoms with Crippen molar-refractivity contribution < 1.29 is 13.9 Å². The fourth-order valence-electron chi connectivity index (χ4n) is 3.61. The highest BCUT2D eigenvalue weighted by Gasteiger charge is 2.30. The van der Waals surface area contributed by atoms with E-state index in [1.807, 2.05) is 20.2 Å². The normalized spacial score (nSPS) is 16.0. The van der Waals surface area contributed by atoms with Gasteiger partial charge < -0.3 is 19.9 Å². The predicted molar refractivity (Wildman–Crippen MR) is 120 cm³/mol. The SMILES string of the molecule is CNc1cc(C(=O)N2CCO[C@@H](c3nc(N(C)C)ncc3-c3cccc(F)c3)C2)ccn1. The number of morpholine rings is 1. The van der Waals surface area contributed by atoms with Crippen LogP contribution in [0.15, 0.2) is 48.8 Å². The fraction of sp³-hybridized carbons (Fsp3) is 0.304. The molecule has 9 heteroatoms. The Morgan fingerprint density at radius 3 is 2.84 bits per heavy atom. The largest absolute Gasteiger partial charge is 0.373 e. The van der Waals surface area contributed by atoms with E-state index in [2.05, 4.69) is 15.3 Å². The van der Waals surface area contributed by atoms with Gasteiger partial charge in [0.1, 0.15) is 17.7 Å². The minimum Gasteiger partial charge on any atom is -0.373 e. The molecule has 1 saturated heterocycles. The van der Waals surface area contributed by atoms with Crippen LogP contribution in [0, 0.1) is 5.82 Å². The van der Waals surface area contributed by atoms with Crippen molar-refractivity contribution in [2.45, 2.75) is 6.10 Å². The van der Waals surface area contributed by atoms with Gasteiger partial charge in [-0.15, -0.1) is 0 Å². The van der Waals surface area contributed by atoms with Gasteiger partial charge in [-0.25, -0.2) is 19.3 Å². The van der Waals surface area contributed by atoms with Crippen molar-refractivity contribution in [1.29, 1.82) is 0 Å². The van der Waals surface area contributed by atoms with Gasteiger partial charge in [-0.2, -0.15) is 0 Å². The molecule has 0 radical (unpaired) electrons. The van der Waals surface area contributed by atoms with E-state index in [0.29, 0.717) is 53.8 Å². The molecule has 166 valence electrons. The highest BCUT2D eigenvalue weighted by molar-refractivity contribution is 5.95. The lowest BCUT2D eigenvalue weighted by Crippen LogP contribution is -2.42. The van der Waals surface area contributed by atoms with E-state index >= 15 is 0 Å².